The van der Waals surface area contributed by atoms with E-state index in [0.29, 0.717) is 13.2 Å². The SMILES string of the molecule is CCCCCCCCCCCCCCO[PH](=O)OCCCCCCCCCCCCCC. The van der Waals surface area contributed by atoms with Crippen LogP contribution in [0.3, 0.4) is 0 Å². The van der Waals surface area contributed by atoms with E-state index >= 15 is 0 Å². The highest BCUT2D eigenvalue weighted by Gasteiger charge is 2.00. The normalized spacial score (nSPS) is 11.6. The zero-order valence-corrected chi connectivity index (χ0v) is 23.1. The smallest absolute Gasteiger partial charge is 0.311 e. The maximum atomic E-state index is 11.8. The third kappa shape index (κ3) is 28.2. The number of rotatable bonds is 28. The highest BCUT2D eigenvalue weighted by Crippen LogP contribution is 2.25. The average molecular weight is 475 g/mol. The zero-order valence-electron chi connectivity index (χ0n) is 22.1. The van der Waals surface area contributed by atoms with Crippen LogP contribution in [-0.4, -0.2) is 13.2 Å². The molecule has 0 spiro atoms. The lowest BCUT2D eigenvalue weighted by molar-refractivity contribution is 0.218. The Morgan fingerprint density at radius 1 is 0.375 bits per heavy atom. The van der Waals surface area contributed by atoms with Crippen LogP contribution >= 0.6 is 8.25 Å². The van der Waals surface area contributed by atoms with Gasteiger partial charge in [0.05, 0.1) is 13.2 Å². The summed E-state index contributed by atoms with van der Waals surface area (Å²) in [5, 5.41) is 0. The van der Waals surface area contributed by atoms with Gasteiger partial charge in [-0.05, 0) is 12.8 Å². The molecule has 0 heterocycles. The van der Waals surface area contributed by atoms with Crippen molar-refractivity contribution in [2.45, 2.75) is 168 Å². The predicted molar refractivity (Wildman–Crippen MR) is 143 cm³/mol. The van der Waals surface area contributed by atoms with Gasteiger partial charge in [-0.1, -0.05) is 155 Å². The second kappa shape index (κ2) is 29.2. The van der Waals surface area contributed by atoms with Crippen molar-refractivity contribution >= 4 is 8.25 Å². The van der Waals surface area contributed by atoms with Gasteiger partial charge in [0.1, 0.15) is 0 Å². The molecule has 0 rings (SSSR count). The first kappa shape index (κ1) is 32.1. The molecule has 0 aromatic rings. The maximum Gasteiger partial charge on any atom is 0.319 e. The molecular formula is C28H59O3P. The molecule has 0 unspecified atom stereocenters. The van der Waals surface area contributed by atoms with Gasteiger partial charge in [0, 0.05) is 0 Å². The fourth-order valence-electron chi connectivity index (χ4n) is 4.24. The molecule has 0 saturated heterocycles. The molecule has 0 bridgehead atoms. The second-order valence-electron chi connectivity index (χ2n) is 9.73. The minimum absolute atomic E-state index is 0.591. The molecule has 0 saturated carbocycles. The van der Waals surface area contributed by atoms with Crippen molar-refractivity contribution in [1.29, 1.82) is 0 Å². The van der Waals surface area contributed by atoms with Gasteiger partial charge in [0.2, 0.25) is 0 Å². The van der Waals surface area contributed by atoms with Crippen LogP contribution in [-0.2, 0) is 13.6 Å². The quantitative estimate of drug-likeness (QED) is 0.0835. The fraction of sp³-hybridized carbons (Fsp3) is 1.00. The summed E-state index contributed by atoms with van der Waals surface area (Å²) in [5.41, 5.74) is 0. The molecule has 0 aliphatic carbocycles. The monoisotopic (exact) mass is 474 g/mol. The van der Waals surface area contributed by atoms with Crippen LogP contribution in [0.15, 0.2) is 0 Å². The molecule has 3 nitrogen and oxygen atoms in total. The van der Waals surface area contributed by atoms with Gasteiger partial charge >= 0.3 is 8.25 Å². The summed E-state index contributed by atoms with van der Waals surface area (Å²) in [6.45, 7) is 5.73. The molecule has 0 aliphatic heterocycles. The Bertz CT molecular complexity index is 331. The van der Waals surface area contributed by atoms with Crippen molar-refractivity contribution in [2.24, 2.45) is 0 Å². The fourth-order valence-corrected chi connectivity index (χ4v) is 4.94. The lowest BCUT2D eigenvalue weighted by atomic mass is 10.1. The maximum absolute atomic E-state index is 11.8. The van der Waals surface area contributed by atoms with Crippen molar-refractivity contribution in [3.8, 4) is 0 Å². The molecule has 0 aliphatic rings. The van der Waals surface area contributed by atoms with Gasteiger partial charge in [0.25, 0.3) is 0 Å². The van der Waals surface area contributed by atoms with Crippen LogP contribution in [0.5, 0.6) is 0 Å². The zero-order chi connectivity index (χ0) is 23.4. The number of unbranched alkanes of at least 4 members (excludes halogenated alkanes) is 22. The Morgan fingerprint density at radius 3 is 0.844 bits per heavy atom. The van der Waals surface area contributed by atoms with Crippen molar-refractivity contribution in [2.75, 3.05) is 13.2 Å². The van der Waals surface area contributed by atoms with Gasteiger partial charge in [-0.2, -0.15) is 0 Å². The van der Waals surface area contributed by atoms with Crippen molar-refractivity contribution in [3.63, 3.8) is 0 Å². The van der Waals surface area contributed by atoms with Crippen molar-refractivity contribution in [3.05, 3.63) is 0 Å². The van der Waals surface area contributed by atoms with Crippen LogP contribution in [0.1, 0.15) is 168 Å². The third-order valence-electron chi connectivity index (χ3n) is 6.44. The highest BCUT2D eigenvalue weighted by molar-refractivity contribution is 7.33. The van der Waals surface area contributed by atoms with Crippen molar-refractivity contribution < 1.29 is 13.6 Å². The molecular weight excluding hydrogens is 415 g/mol. The summed E-state index contributed by atoms with van der Waals surface area (Å²) in [5.74, 6) is 0. The number of hydrogen-bond acceptors (Lipinski definition) is 3. The Morgan fingerprint density at radius 2 is 0.594 bits per heavy atom. The highest BCUT2D eigenvalue weighted by atomic mass is 31.1. The molecule has 0 atom stereocenters. The summed E-state index contributed by atoms with van der Waals surface area (Å²) in [6.07, 6.45) is 31.9. The van der Waals surface area contributed by atoms with E-state index in [-0.39, 0.29) is 0 Å². The summed E-state index contributed by atoms with van der Waals surface area (Å²) >= 11 is 0. The van der Waals surface area contributed by atoms with Crippen LogP contribution < -0.4 is 0 Å². The lowest BCUT2D eigenvalue weighted by Gasteiger charge is -2.06. The summed E-state index contributed by atoms with van der Waals surface area (Å²) in [7, 11) is -2.27. The third-order valence-corrected chi connectivity index (χ3v) is 7.32. The Balaban J connectivity index is 3.14. The van der Waals surface area contributed by atoms with Gasteiger partial charge < -0.3 is 9.05 Å². The van der Waals surface area contributed by atoms with E-state index in [1.54, 1.807) is 0 Å². The summed E-state index contributed by atoms with van der Waals surface area (Å²) < 4.78 is 22.5. The predicted octanol–water partition coefficient (Wildman–Crippen LogP) is 10.8. The molecule has 0 radical (unpaired) electrons. The summed E-state index contributed by atoms with van der Waals surface area (Å²) in [6, 6.07) is 0. The van der Waals surface area contributed by atoms with E-state index in [2.05, 4.69) is 13.8 Å². The van der Waals surface area contributed by atoms with Gasteiger partial charge in [-0.3, -0.25) is 4.57 Å². The topological polar surface area (TPSA) is 35.5 Å². The van der Waals surface area contributed by atoms with Crippen LogP contribution in [0.25, 0.3) is 0 Å². The first-order valence-corrected chi connectivity index (χ1v) is 15.8. The van der Waals surface area contributed by atoms with E-state index < -0.39 is 8.25 Å². The molecule has 194 valence electrons. The Hall–Kier alpha value is 0.150. The largest absolute Gasteiger partial charge is 0.319 e. The van der Waals surface area contributed by atoms with Gasteiger partial charge in [0.15, 0.2) is 0 Å². The number of hydrogen-bond donors (Lipinski definition) is 0. The van der Waals surface area contributed by atoms with Crippen LogP contribution in [0, 0.1) is 0 Å². The molecule has 0 fully saturated rings. The molecule has 0 aromatic heterocycles. The van der Waals surface area contributed by atoms with E-state index in [1.807, 2.05) is 0 Å². The standard InChI is InChI=1S/C28H59O3P/c1-3-5-7-9-11-13-15-17-19-21-23-25-27-30-32(29)31-28-26-24-22-20-18-16-14-12-10-8-6-4-2/h32H,3-28H2,1-2H3. The average Bonchev–Trinajstić information content (AvgIpc) is 2.80. The molecule has 0 N–H and O–H groups in total. The minimum atomic E-state index is -2.27. The lowest BCUT2D eigenvalue weighted by Crippen LogP contribution is -1.92. The minimum Gasteiger partial charge on any atom is -0.311 e. The van der Waals surface area contributed by atoms with Crippen molar-refractivity contribution in [1.82, 2.24) is 0 Å². The molecule has 4 heteroatoms. The van der Waals surface area contributed by atoms with E-state index in [0.717, 1.165) is 12.8 Å². The molecule has 0 aromatic carbocycles. The van der Waals surface area contributed by atoms with E-state index in [1.165, 1.54) is 141 Å². The van der Waals surface area contributed by atoms with Gasteiger partial charge in [-0.15, -0.1) is 0 Å². The first-order chi connectivity index (χ1) is 15.8. The second-order valence-corrected chi connectivity index (χ2v) is 10.8. The Kier molecular flexibility index (Phi) is 29.3. The Labute approximate surface area is 203 Å². The molecule has 0 amide bonds. The van der Waals surface area contributed by atoms with E-state index in [9.17, 15) is 4.57 Å². The van der Waals surface area contributed by atoms with Crippen LogP contribution in [0.4, 0.5) is 0 Å². The summed E-state index contributed by atoms with van der Waals surface area (Å²) in [4.78, 5) is 0. The molecule has 32 heavy (non-hydrogen) atoms. The first-order valence-electron chi connectivity index (χ1n) is 14.6. The van der Waals surface area contributed by atoms with Gasteiger partial charge in [-0.25, -0.2) is 0 Å². The van der Waals surface area contributed by atoms with E-state index in [4.69, 9.17) is 9.05 Å². The van der Waals surface area contributed by atoms with Crippen LogP contribution in [0.2, 0.25) is 0 Å².